The number of anilines is 1. The molecule has 7 heteroatoms. The summed E-state index contributed by atoms with van der Waals surface area (Å²) in [6.45, 7) is 2.05. The minimum Gasteiger partial charge on any atom is -0.385 e. The number of aromatic nitrogens is 1. The third kappa shape index (κ3) is 4.24. The highest BCUT2D eigenvalue weighted by molar-refractivity contribution is 5.95. The minimum atomic E-state index is -0.931. The molecule has 2 aliphatic rings. The first kappa shape index (κ1) is 19.4. The van der Waals surface area contributed by atoms with Gasteiger partial charge in [0.2, 0.25) is 5.91 Å². The van der Waals surface area contributed by atoms with Gasteiger partial charge in [0.05, 0.1) is 5.60 Å². The number of carbonyl (C=O) groups excluding carboxylic acids is 2. The number of urea groups is 1. The summed E-state index contributed by atoms with van der Waals surface area (Å²) in [5.41, 5.74) is 0.765. The molecule has 1 aromatic heterocycles. The molecule has 2 aromatic rings. The molecule has 0 aliphatic carbocycles. The third-order valence-electron chi connectivity index (χ3n) is 5.89. The fourth-order valence-electron chi connectivity index (χ4n) is 4.13. The SMILES string of the molecule is O=C(NC[C@H]1CC(=O)N(c2ccccc2)C1)N1CCC(O)(c2cccnc2)CC1. The predicted molar refractivity (Wildman–Crippen MR) is 109 cm³/mol. The highest BCUT2D eigenvalue weighted by Crippen LogP contribution is 2.32. The molecule has 29 heavy (non-hydrogen) atoms. The van der Waals surface area contributed by atoms with Gasteiger partial charge in [-0.1, -0.05) is 24.3 Å². The van der Waals surface area contributed by atoms with Gasteiger partial charge in [0, 0.05) is 62.2 Å². The Morgan fingerprint density at radius 1 is 1.17 bits per heavy atom. The van der Waals surface area contributed by atoms with Crippen LogP contribution in [0.2, 0.25) is 0 Å². The maximum Gasteiger partial charge on any atom is 0.317 e. The normalized spacial score (nSPS) is 21.3. The average Bonchev–Trinajstić information content (AvgIpc) is 3.14. The molecule has 0 bridgehead atoms. The van der Waals surface area contributed by atoms with Gasteiger partial charge in [-0.2, -0.15) is 0 Å². The zero-order chi connectivity index (χ0) is 20.3. The molecule has 152 valence electrons. The lowest BCUT2D eigenvalue weighted by atomic mass is 9.85. The summed E-state index contributed by atoms with van der Waals surface area (Å²) in [5.74, 6) is 0.193. The van der Waals surface area contributed by atoms with Gasteiger partial charge in [0.1, 0.15) is 0 Å². The molecular formula is C22H26N4O3. The van der Waals surface area contributed by atoms with Crippen molar-refractivity contribution in [1.29, 1.82) is 0 Å². The molecule has 0 unspecified atom stereocenters. The number of hydrogen-bond donors (Lipinski definition) is 2. The summed E-state index contributed by atoms with van der Waals surface area (Å²) in [6, 6.07) is 13.2. The van der Waals surface area contributed by atoms with Crippen LogP contribution in [-0.4, -0.2) is 53.1 Å². The first-order chi connectivity index (χ1) is 14.0. The monoisotopic (exact) mass is 394 g/mol. The third-order valence-corrected chi connectivity index (χ3v) is 5.89. The van der Waals surface area contributed by atoms with Gasteiger partial charge in [-0.15, -0.1) is 0 Å². The molecule has 4 rings (SSSR count). The van der Waals surface area contributed by atoms with Crippen LogP contribution < -0.4 is 10.2 Å². The van der Waals surface area contributed by atoms with Gasteiger partial charge in [-0.3, -0.25) is 9.78 Å². The molecule has 0 saturated carbocycles. The first-order valence-corrected chi connectivity index (χ1v) is 10.1. The lowest BCUT2D eigenvalue weighted by Crippen LogP contribution is -2.49. The van der Waals surface area contributed by atoms with Crippen LogP contribution in [0.3, 0.4) is 0 Å². The second-order valence-electron chi connectivity index (χ2n) is 7.86. The van der Waals surface area contributed by atoms with Crippen LogP contribution in [0.15, 0.2) is 54.9 Å². The number of rotatable bonds is 4. The fraction of sp³-hybridized carbons (Fsp3) is 0.409. The summed E-state index contributed by atoms with van der Waals surface area (Å²) in [4.78, 5) is 32.5. The smallest absolute Gasteiger partial charge is 0.317 e. The topological polar surface area (TPSA) is 85.8 Å². The average molecular weight is 394 g/mol. The van der Waals surface area contributed by atoms with Crippen molar-refractivity contribution in [3.8, 4) is 0 Å². The Bertz CT molecular complexity index is 851. The molecule has 2 saturated heterocycles. The number of aliphatic hydroxyl groups is 1. The van der Waals surface area contributed by atoms with Crippen molar-refractivity contribution in [3.63, 3.8) is 0 Å². The summed E-state index contributed by atoms with van der Waals surface area (Å²) >= 11 is 0. The van der Waals surface area contributed by atoms with Crippen LogP contribution in [0.5, 0.6) is 0 Å². The summed E-state index contributed by atoms with van der Waals surface area (Å²) in [5, 5.41) is 13.8. The summed E-state index contributed by atoms with van der Waals surface area (Å²) in [7, 11) is 0. The highest BCUT2D eigenvalue weighted by atomic mass is 16.3. The number of carbonyl (C=O) groups is 2. The van der Waals surface area contributed by atoms with Gasteiger partial charge in [-0.25, -0.2) is 4.79 Å². The zero-order valence-electron chi connectivity index (χ0n) is 16.3. The molecule has 0 radical (unpaired) electrons. The van der Waals surface area contributed by atoms with Crippen LogP contribution in [0.1, 0.15) is 24.8 Å². The maximum atomic E-state index is 12.6. The number of nitrogens with zero attached hydrogens (tertiary/aromatic N) is 3. The molecule has 3 amide bonds. The molecule has 1 aromatic carbocycles. The molecule has 1 atom stereocenters. The number of likely N-dealkylation sites (tertiary alicyclic amines) is 1. The lowest BCUT2D eigenvalue weighted by Gasteiger charge is -2.38. The predicted octanol–water partition coefficient (Wildman–Crippen LogP) is 2.13. The van der Waals surface area contributed by atoms with Crippen LogP contribution in [0, 0.1) is 5.92 Å². The standard InChI is InChI=1S/C22H26N4O3/c27-20-13-17(16-26(20)19-6-2-1-3-7-19)14-24-21(28)25-11-8-22(29,9-12-25)18-5-4-10-23-15-18/h1-7,10,15,17,29H,8-9,11-14,16H2,(H,24,28)/t17-/m1/s1. The molecule has 3 heterocycles. The van der Waals surface area contributed by atoms with Crippen LogP contribution in [0.25, 0.3) is 0 Å². The van der Waals surface area contributed by atoms with E-state index >= 15 is 0 Å². The van der Waals surface area contributed by atoms with E-state index in [0.717, 1.165) is 11.3 Å². The zero-order valence-corrected chi connectivity index (χ0v) is 16.3. The molecular weight excluding hydrogens is 368 g/mol. The van der Waals surface area contributed by atoms with Crippen molar-refractivity contribution < 1.29 is 14.7 Å². The van der Waals surface area contributed by atoms with Crippen LogP contribution >= 0.6 is 0 Å². The van der Waals surface area contributed by atoms with Crippen molar-refractivity contribution >= 4 is 17.6 Å². The summed E-state index contributed by atoms with van der Waals surface area (Å²) < 4.78 is 0. The van der Waals surface area contributed by atoms with Crippen molar-refractivity contribution in [1.82, 2.24) is 15.2 Å². The van der Waals surface area contributed by atoms with Crippen molar-refractivity contribution in [2.45, 2.75) is 24.9 Å². The highest BCUT2D eigenvalue weighted by Gasteiger charge is 2.36. The first-order valence-electron chi connectivity index (χ1n) is 10.1. The Labute approximate surface area is 170 Å². The van der Waals surface area contributed by atoms with E-state index in [9.17, 15) is 14.7 Å². The van der Waals surface area contributed by atoms with E-state index < -0.39 is 5.60 Å². The number of para-hydroxylation sites is 1. The van der Waals surface area contributed by atoms with Gasteiger partial charge < -0.3 is 20.2 Å². The van der Waals surface area contributed by atoms with Gasteiger partial charge >= 0.3 is 6.03 Å². The minimum absolute atomic E-state index is 0.0926. The Morgan fingerprint density at radius 3 is 2.62 bits per heavy atom. The van der Waals surface area contributed by atoms with E-state index in [1.165, 1.54) is 0 Å². The second kappa shape index (κ2) is 8.21. The number of piperidine rings is 1. The van der Waals surface area contributed by atoms with E-state index in [4.69, 9.17) is 0 Å². The van der Waals surface area contributed by atoms with Crippen molar-refractivity contribution in [2.24, 2.45) is 5.92 Å². The molecule has 7 nitrogen and oxygen atoms in total. The second-order valence-corrected chi connectivity index (χ2v) is 7.86. The van der Waals surface area contributed by atoms with Crippen LogP contribution in [0.4, 0.5) is 10.5 Å². The number of hydrogen-bond acceptors (Lipinski definition) is 4. The lowest BCUT2D eigenvalue weighted by molar-refractivity contribution is -0.117. The molecule has 0 spiro atoms. The van der Waals surface area contributed by atoms with E-state index in [0.29, 0.717) is 45.4 Å². The van der Waals surface area contributed by atoms with Crippen molar-refractivity contribution in [3.05, 3.63) is 60.4 Å². The van der Waals surface area contributed by atoms with E-state index in [1.807, 2.05) is 42.5 Å². The van der Waals surface area contributed by atoms with Gasteiger partial charge in [0.25, 0.3) is 0 Å². The van der Waals surface area contributed by atoms with Crippen molar-refractivity contribution in [2.75, 3.05) is 31.1 Å². The van der Waals surface area contributed by atoms with E-state index in [-0.39, 0.29) is 17.9 Å². The number of amides is 3. The molecule has 2 N–H and O–H groups in total. The molecule has 2 aliphatic heterocycles. The Balaban J connectivity index is 1.26. The number of nitrogens with one attached hydrogen (secondary N) is 1. The largest absolute Gasteiger partial charge is 0.385 e. The molecule has 2 fully saturated rings. The Hall–Kier alpha value is -2.93. The van der Waals surface area contributed by atoms with E-state index in [2.05, 4.69) is 10.3 Å². The quantitative estimate of drug-likeness (QED) is 0.832. The number of pyridine rings is 1. The van der Waals surface area contributed by atoms with E-state index in [1.54, 1.807) is 22.2 Å². The van der Waals surface area contributed by atoms with Crippen LogP contribution in [-0.2, 0) is 10.4 Å². The maximum absolute atomic E-state index is 12.6. The number of benzene rings is 1. The van der Waals surface area contributed by atoms with Gasteiger partial charge in [-0.05, 0) is 31.0 Å². The van der Waals surface area contributed by atoms with Gasteiger partial charge in [0.15, 0.2) is 0 Å². The summed E-state index contributed by atoms with van der Waals surface area (Å²) in [6.07, 6.45) is 4.77. The Morgan fingerprint density at radius 2 is 1.93 bits per heavy atom. The fourth-order valence-corrected chi connectivity index (χ4v) is 4.13. The Kier molecular flexibility index (Phi) is 5.49.